The van der Waals surface area contributed by atoms with Gasteiger partial charge in [0.2, 0.25) is 0 Å². The Hall–Kier alpha value is -1.59. The fraction of sp³-hybridized carbons (Fsp3) is 0.250. The van der Waals surface area contributed by atoms with E-state index in [9.17, 15) is 0 Å². The molecule has 2 nitrogen and oxygen atoms in total. The fourth-order valence-electron chi connectivity index (χ4n) is 1.30. The van der Waals surface area contributed by atoms with Crippen LogP contribution in [0.1, 0.15) is 30.5 Å². The molecule has 2 heteroatoms. The Balaban J connectivity index is 2.77. The van der Waals surface area contributed by atoms with Gasteiger partial charge in [0.05, 0.1) is 11.6 Å². The van der Waals surface area contributed by atoms with Crippen LogP contribution in [0.15, 0.2) is 36.4 Å². The lowest BCUT2D eigenvalue weighted by molar-refractivity contribution is 0.717. The molecule has 1 aromatic carbocycles. The Labute approximate surface area is 84.7 Å². The first-order chi connectivity index (χ1) is 6.63. The predicted octanol–water partition coefficient (Wildman–Crippen LogP) is 2.52. The van der Waals surface area contributed by atoms with Gasteiger partial charge >= 0.3 is 0 Å². The molecular formula is C12H14N2. The van der Waals surface area contributed by atoms with Crippen molar-refractivity contribution in [1.82, 2.24) is 0 Å². The summed E-state index contributed by atoms with van der Waals surface area (Å²) in [5, 5.41) is 8.62. The first kappa shape index (κ1) is 10.5. The van der Waals surface area contributed by atoms with Crippen molar-refractivity contribution in [3.63, 3.8) is 0 Å². The van der Waals surface area contributed by atoms with Gasteiger partial charge in [0, 0.05) is 6.04 Å². The number of nitriles is 1. The van der Waals surface area contributed by atoms with Crippen molar-refractivity contribution in [2.45, 2.75) is 19.4 Å². The molecule has 0 spiro atoms. The van der Waals surface area contributed by atoms with Crippen LogP contribution in [-0.4, -0.2) is 0 Å². The summed E-state index contributed by atoms with van der Waals surface area (Å²) in [7, 11) is 0. The number of rotatable bonds is 3. The monoisotopic (exact) mass is 186 g/mol. The van der Waals surface area contributed by atoms with E-state index >= 15 is 0 Å². The second-order valence-electron chi connectivity index (χ2n) is 3.50. The Morgan fingerprint density at radius 2 is 2.07 bits per heavy atom. The molecule has 1 aromatic rings. The van der Waals surface area contributed by atoms with Crippen molar-refractivity contribution >= 4 is 0 Å². The summed E-state index contributed by atoms with van der Waals surface area (Å²) in [4.78, 5) is 0. The summed E-state index contributed by atoms with van der Waals surface area (Å²) in [5.41, 5.74) is 8.73. The molecule has 0 amide bonds. The summed E-state index contributed by atoms with van der Waals surface area (Å²) in [6.45, 7) is 5.78. The van der Waals surface area contributed by atoms with E-state index in [2.05, 4.69) is 12.6 Å². The molecule has 0 saturated carbocycles. The third-order valence-electron chi connectivity index (χ3n) is 2.04. The molecule has 0 aromatic heterocycles. The van der Waals surface area contributed by atoms with Gasteiger partial charge in [-0.15, -0.1) is 6.58 Å². The summed E-state index contributed by atoms with van der Waals surface area (Å²) >= 11 is 0. The van der Waals surface area contributed by atoms with Gasteiger partial charge < -0.3 is 5.73 Å². The van der Waals surface area contributed by atoms with Gasteiger partial charge in [-0.2, -0.15) is 5.26 Å². The fourth-order valence-corrected chi connectivity index (χ4v) is 1.30. The molecule has 0 unspecified atom stereocenters. The Bertz CT molecular complexity index is 357. The minimum absolute atomic E-state index is 0.0137. The highest BCUT2D eigenvalue weighted by Crippen LogP contribution is 2.17. The minimum Gasteiger partial charge on any atom is -0.324 e. The lowest BCUT2D eigenvalue weighted by atomic mass is 10.0. The van der Waals surface area contributed by atoms with Crippen LogP contribution in [0.25, 0.3) is 0 Å². The Kier molecular flexibility index (Phi) is 3.44. The normalized spacial score (nSPS) is 11.8. The average Bonchev–Trinajstić information content (AvgIpc) is 2.17. The lowest BCUT2D eigenvalue weighted by Gasteiger charge is -2.11. The van der Waals surface area contributed by atoms with Crippen molar-refractivity contribution in [3.05, 3.63) is 47.5 Å². The number of hydrogen-bond donors (Lipinski definition) is 1. The smallest absolute Gasteiger partial charge is 0.0991 e. The molecule has 0 fully saturated rings. The van der Waals surface area contributed by atoms with E-state index in [0.29, 0.717) is 5.56 Å². The van der Waals surface area contributed by atoms with Crippen LogP contribution in [0.5, 0.6) is 0 Å². The zero-order valence-corrected chi connectivity index (χ0v) is 8.33. The number of hydrogen-bond acceptors (Lipinski definition) is 2. The SMILES string of the molecule is C=C(C)C[C@H](N)c1ccc(C#N)cc1. The first-order valence-corrected chi connectivity index (χ1v) is 4.53. The number of benzene rings is 1. The summed E-state index contributed by atoms with van der Waals surface area (Å²) in [5.74, 6) is 0. The number of nitrogens with two attached hydrogens (primary N) is 1. The summed E-state index contributed by atoms with van der Waals surface area (Å²) in [6.07, 6.45) is 0.784. The highest BCUT2D eigenvalue weighted by Gasteiger charge is 2.05. The molecule has 0 saturated heterocycles. The van der Waals surface area contributed by atoms with E-state index in [-0.39, 0.29) is 6.04 Å². The second kappa shape index (κ2) is 4.59. The van der Waals surface area contributed by atoms with E-state index in [1.807, 2.05) is 19.1 Å². The van der Waals surface area contributed by atoms with Crippen LogP contribution in [0.4, 0.5) is 0 Å². The van der Waals surface area contributed by atoms with E-state index in [1.165, 1.54) is 0 Å². The average molecular weight is 186 g/mol. The van der Waals surface area contributed by atoms with Crippen LogP contribution in [0.2, 0.25) is 0 Å². The molecule has 0 aliphatic carbocycles. The van der Waals surface area contributed by atoms with Gasteiger partial charge in [0.25, 0.3) is 0 Å². The zero-order chi connectivity index (χ0) is 10.6. The van der Waals surface area contributed by atoms with Crippen molar-refractivity contribution in [2.75, 3.05) is 0 Å². The molecule has 0 heterocycles. The molecule has 0 bridgehead atoms. The molecule has 72 valence electrons. The molecule has 14 heavy (non-hydrogen) atoms. The van der Waals surface area contributed by atoms with Crippen LogP contribution in [-0.2, 0) is 0 Å². The van der Waals surface area contributed by atoms with E-state index in [1.54, 1.807) is 12.1 Å². The lowest BCUT2D eigenvalue weighted by Crippen LogP contribution is -2.10. The zero-order valence-electron chi connectivity index (χ0n) is 8.33. The molecule has 1 atom stereocenters. The van der Waals surface area contributed by atoms with Gasteiger partial charge in [-0.25, -0.2) is 0 Å². The van der Waals surface area contributed by atoms with Gasteiger partial charge in [-0.3, -0.25) is 0 Å². The topological polar surface area (TPSA) is 49.8 Å². The molecule has 1 rings (SSSR count). The number of nitrogens with zero attached hydrogens (tertiary/aromatic N) is 1. The van der Waals surface area contributed by atoms with Crippen molar-refractivity contribution in [2.24, 2.45) is 5.73 Å². The maximum Gasteiger partial charge on any atom is 0.0991 e. The van der Waals surface area contributed by atoms with Crippen molar-refractivity contribution in [1.29, 1.82) is 5.26 Å². The maximum atomic E-state index is 8.62. The van der Waals surface area contributed by atoms with Crippen LogP contribution in [0.3, 0.4) is 0 Å². The van der Waals surface area contributed by atoms with Crippen molar-refractivity contribution in [3.8, 4) is 6.07 Å². The standard InChI is InChI=1S/C12H14N2/c1-9(2)7-12(14)11-5-3-10(8-13)4-6-11/h3-6,12H,1,7,14H2,2H3/t12-/m0/s1. The molecule has 0 aliphatic rings. The van der Waals surface area contributed by atoms with Gasteiger partial charge in [0.15, 0.2) is 0 Å². The van der Waals surface area contributed by atoms with Crippen LogP contribution < -0.4 is 5.73 Å². The maximum absolute atomic E-state index is 8.62. The van der Waals surface area contributed by atoms with Crippen molar-refractivity contribution < 1.29 is 0 Å². The van der Waals surface area contributed by atoms with Crippen LogP contribution >= 0.6 is 0 Å². The Morgan fingerprint density at radius 1 is 1.50 bits per heavy atom. The van der Waals surface area contributed by atoms with Crippen LogP contribution in [0, 0.1) is 11.3 Å². The highest BCUT2D eigenvalue weighted by atomic mass is 14.6. The quantitative estimate of drug-likeness (QED) is 0.737. The van der Waals surface area contributed by atoms with Gasteiger partial charge in [-0.1, -0.05) is 17.7 Å². The van der Waals surface area contributed by atoms with Gasteiger partial charge in [-0.05, 0) is 31.0 Å². The third-order valence-corrected chi connectivity index (χ3v) is 2.04. The minimum atomic E-state index is -0.0137. The third kappa shape index (κ3) is 2.72. The largest absolute Gasteiger partial charge is 0.324 e. The second-order valence-corrected chi connectivity index (χ2v) is 3.50. The summed E-state index contributed by atoms with van der Waals surface area (Å²) in [6, 6.07) is 9.42. The van der Waals surface area contributed by atoms with E-state index in [4.69, 9.17) is 11.0 Å². The van der Waals surface area contributed by atoms with Gasteiger partial charge in [0.1, 0.15) is 0 Å². The van der Waals surface area contributed by atoms with E-state index < -0.39 is 0 Å². The predicted molar refractivity (Wildman–Crippen MR) is 57.5 cm³/mol. The summed E-state index contributed by atoms with van der Waals surface area (Å²) < 4.78 is 0. The molecule has 0 aliphatic heterocycles. The first-order valence-electron chi connectivity index (χ1n) is 4.53. The molecule has 2 N–H and O–H groups in total. The Morgan fingerprint density at radius 3 is 2.50 bits per heavy atom. The molecular weight excluding hydrogens is 172 g/mol. The highest BCUT2D eigenvalue weighted by molar-refractivity contribution is 5.33. The molecule has 0 radical (unpaired) electrons. The van der Waals surface area contributed by atoms with E-state index in [0.717, 1.165) is 17.6 Å².